The number of anilines is 1. The highest BCUT2D eigenvalue weighted by Crippen LogP contribution is 2.27. The lowest BCUT2D eigenvalue weighted by molar-refractivity contribution is -0.117. The van der Waals surface area contributed by atoms with Crippen molar-refractivity contribution in [3.05, 3.63) is 53.7 Å². The summed E-state index contributed by atoms with van der Waals surface area (Å²) >= 11 is 0. The normalized spacial score (nSPS) is 23.3. The second-order valence-electron chi connectivity index (χ2n) is 6.62. The maximum atomic E-state index is 10.2. The number of nitrogens with zero attached hydrogens (tertiary/aromatic N) is 4. The van der Waals surface area contributed by atoms with E-state index in [0.29, 0.717) is 37.7 Å². The molecule has 1 aromatic heterocycles. The zero-order valence-corrected chi connectivity index (χ0v) is 14.8. The van der Waals surface area contributed by atoms with E-state index in [9.17, 15) is 10.4 Å². The highest BCUT2D eigenvalue weighted by atomic mass is 16.5. The molecule has 0 radical (unpaired) electrons. The van der Waals surface area contributed by atoms with Crippen molar-refractivity contribution in [2.45, 2.75) is 25.0 Å². The highest BCUT2D eigenvalue weighted by molar-refractivity contribution is 5.50. The first-order valence-corrected chi connectivity index (χ1v) is 8.63. The number of ether oxygens (including phenoxy) is 1. The van der Waals surface area contributed by atoms with E-state index in [4.69, 9.17) is 4.74 Å². The van der Waals surface area contributed by atoms with Crippen LogP contribution in [0, 0.1) is 11.3 Å². The fraction of sp³-hybridized carbons (Fsp3) is 0.421. The van der Waals surface area contributed by atoms with E-state index in [1.165, 1.54) is 11.8 Å². The SMILES string of the molecule is C[C@@H]1COC[C@@](CO)(CNc2nnccc2C#N)N1Cc1ccccc1. The van der Waals surface area contributed by atoms with Crippen LogP contribution >= 0.6 is 0 Å². The van der Waals surface area contributed by atoms with Crippen LogP contribution in [-0.2, 0) is 11.3 Å². The van der Waals surface area contributed by atoms with Crippen LogP contribution in [0.2, 0.25) is 0 Å². The van der Waals surface area contributed by atoms with Gasteiger partial charge < -0.3 is 15.2 Å². The van der Waals surface area contributed by atoms with Crippen LogP contribution in [0.25, 0.3) is 0 Å². The van der Waals surface area contributed by atoms with Crippen LogP contribution < -0.4 is 5.32 Å². The molecule has 7 heteroatoms. The minimum Gasteiger partial charge on any atom is -0.394 e. The van der Waals surface area contributed by atoms with Gasteiger partial charge in [0.05, 0.1) is 37.1 Å². The van der Waals surface area contributed by atoms with E-state index in [1.807, 2.05) is 18.2 Å². The number of rotatable bonds is 6. The lowest BCUT2D eigenvalue weighted by Gasteiger charge is -2.49. The third-order valence-corrected chi connectivity index (χ3v) is 4.79. The molecule has 3 rings (SSSR count). The number of aliphatic hydroxyl groups excluding tert-OH is 1. The monoisotopic (exact) mass is 353 g/mol. The fourth-order valence-electron chi connectivity index (χ4n) is 3.31. The molecule has 1 fully saturated rings. The van der Waals surface area contributed by atoms with E-state index in [-0.39, 0.29) is 12.6 Å². The summed E-state index contributed by atoms with van der Waals surface area (Å²) < 4.78 is 5.76. The van der Waals surface area contributed by atoms with Gasteiger partial charge in [-0.05, 0) is 18.6 Å². The molecule has 136 valence electrons. The molecule has 0 saturated carbocycles. The molecule has 0 bridgehead atoms. The van der Waals surface area contributed by atoms with Gasteiger partial charge in [-0.3, -0.25) is 4.90 Å². The van der Waals surface area contributed by atoms with Crippen molar-refractivity contribution < 1.29 is 9.84 Å². The topological polar surface area (TPSA) is 94.3 Å². The molecule has 1 aliphatic heterocycles. The minimum atomic E-state index is -0.613. The van der Waals surface area contributed by atoms with Gasteiger partial charge in [0, 0.05) is 19.1 Å². The van der Waals surface area contributed by atoms with Crippen molar-refractivity contribution in [1.29, 1.82) is 5.26 Å². The average molecular weight is 353 g/mol. The summed E-state index contributed by atoms with van der Waals surface area (Å²) in [5.74, 6) is 0.417. The van der Waals surface area contributed by atoms with E-state index in [0.717, 1.165) is 0 Å². The minimum absolute atomic E-state index is 0.0701. The molecule has 1 aromatic carbocycles. The van der Waals surface area contributed by atoms with E-state index in [1.54, 1.807) is 6.07 Å². The maximum Gasteiger partial charge on any atom is 0.166 e. The van der Waals surface area contributed by atoms with Gasteiger partial charge in [-0.25, -0.2) is 0 Å². The number of morpholine rings is 1. The number of nitriles is 1. The van der Waals surface area contributed by atoms with Gasteiger partial charge in [0.15, 0.2) is 5.82 Å². The summed E-state index contributed by atoms with van der Waals surface area (Å²) in [6, 6.07) is 14.0. The predicted octanol–water partition coefficient (Wildman–Crippen LogP) is 1.41. The van der Waals surface area contributed by atoms with Crippen molar-refractivity contribution in [2.75, 3.05) is 31.7 Å². The molecule has 0 spiro atoms. The number of nitrogens with one attached hydrogen (secondary N) is 1. The van der Waals surface area contributed by atoms with Crippen LogP contribution in [0.4, 0.5) is 5.82 Å². The van der Waals surface area contributed by atoms with Crippen molar-refractivity contribution in [1.82, 2.24) is 15.1 Å². The summed E-state index contributed by atoms with van der Waals surface area (Å²) in [7, 11) is 0. The summed E-state index contributed by atoms with van der Waals surface area (Å²) in [5, 5.41) is 30.5. The Morgan fingerprint density at radius 1 is 1.38 bits per heavy atom. The molecule has 0 amide bonds. The first-order chi connectivity index (χ1) is 12.7. The van der Waals surface area contributed by atoms with Crippen LogP contribution in [0.5, 0.6) is 0 Å². The molecule has 2 N–H and O–H groups in total. The zero-order valence-electron chi connectivity index (χ0n) is 14.8. The van der Waals surface area contributed by atoms with Crippen molar-refractivity contribution >= 4 is 5.82 Å². The maximum absolute atomic E-state index is 10.2. The molecular weight excluding hydrogens is 330 g/mol. The Balaban J connectivity index is 1.82. The molecule has 2 atom stereocenters. The third kappa shape index (κ3) is 3.83. The van der Waals surface area contributed by atoms with Gasteiger partial charge in [-0.15, -0.1) is 5.10 Å². The fourth-order valence-corrected chi connectivity index (χ4v) is 3.31. The van der Waals surface area contributed by atoms with E-state index < -0.39 is 5.54 Å². The molecule has 0 unspecified atom stereocenters. The van der Waals surface area contributed by atoms with Crippen LogP contribution in [0.15, 0.2) is 42.6 Å². The van der Waals surface area contributed by atoms with Gasteiger partial charge in [-0.1, -0.05) is 30.3 Å². The molecule has 2 heterocycles. The molecule has 7 nitrogen and oxygen atoms in total. The van der Waals surface area contributed by atoms with Gasteiger partial charge in [0.1, 0.15) is 6.07 Å². The largest absolute Gasteiger partial charge is 0.394 e. The lowest BCUT2D eigenvalue weighted by atomic mass is 9.94. The van der Waals surface area contributed by atoms with Gasteiger partial charge >= 0.3 is 0 Å². The Bertz CT molecular complexity index is 764. The Morgan fingerprint density at radius 2 is 2.19 bits per heavy atom. The summed E-state index contributed by atoms with van der Waals surface area (Å²) in [6.07, 6.45) is 1.49. The molecule has 1 saturated heterocycles. The predicted molar refractivity (Wildman–Crippen MR) is 97.3 cm³/mol. The van der Waals surface area contributed by atoms with Gasteiger partial charge in [0.2, 0.25) is 0 Å². The van der Waals surface area contributed by atoms with E-state index in [2.05, 4.69) is 45.5 Å². The van der Waals surface area contributed by atoms with Crippen molar-refractivity contribution in [3.63, 3.8) is 0 Å². The number of aromatic nitrogens is 2. The Hall–Kier alpha value is -2.53. The number of benzene rings is 1. The van der Waals surface area contributed by atoms with Crippen molar-refractivity contribution in [3.8, 4) is 6.07 Å². The molecule has 1 aliphatic rings. The number of hydrogen-bond donors (Lipinski definition) is 2. The third-order valence-electron chi connectivity index (χ3n) is 4.79. The van der Waals surface area contributed by atoms with Crippen LogP contribution in [-0.4, -0.2) is 58.1 Å². The summed E-state index contributed by atoms with van der Waals surface area (Å²) in [6.45, 7) is 4.14. The zero-order chi connectivity index (χ0) is 18.4. The molecular formula is C19H23N5O2. The summed E-state index contributed by atoms with van der Waals surface area (Å²) in [4.78, 5) is 2.27. The van der Waals surface area contributed by atoms with Crippen LogP contribution in [0.1, 0.15) is 18.1 Å². The Morgan fingerprint density at radius 3 is 2.92 bits per heavy atom. The number of hydrogen-bond acceptors (Lipinski definition) is 7. The van der Waals surface area contributed by atoms with Crippen molar-refractivity contribution in [2.24, 2.45) is 0 Å². The standard InChI is InChI=1S/C19H23N5O2/c1-15-11-26-14-19(13-25,24(15)10-16-5-3-2-4-6-16)12-21-18-17(9-20)7-8-22-23-18/h2-8,15,25H,10-14H2,1H3,(H,21,23)/t15-,19+/m1/s1. The Labute approximate surface area is 153 Å². The first-order valence-electron chi connectivity index (χ1n) is 8.63. The second kappa shape index (κ2) is 8.23. The lowest BCUT2D eigenvalue weighted by Crippen LogP contribution is -2.65. The molecule has 0 aliphatic carbocycles. The smallest absolute Gasteiger partial charge is 0.166 e. The van der Waals surface area contributed by atoms with E-state index >= 15 is 0 Å². The van der Waals surface area contributed by atoms with Gasteiger partial charge in [0.25, 0.3) is 0 Å². The van der Waals surface area contributed by atoms with Gasteiger partial charge in [-0.2, -0.15) is 10.4 Å². The Kier molecular flexibility index (Phi) is 5.78. The summed E-state index contributed by atoms with van der Waals surface area (Å²) in [5.41, 5.74) is 0.987. The average Bonchev–Trinajstić information content (AvgIpc) is 2.69. The number of aliphatic hydroxyl groups is 1. The quantitative estimate of drug-likeness (QED) is 0.811. The molecule has 2 aromatic rings. The molecule has 26 heavy (non-hydrogen) atoms. The highest BCUT2D eigenvalue weighted by Gasteiger charge is 2.42. The van der Waals surface area contributed by atoms with Crippen LogP contribution in [0.3, 0.4) is 0 Å². The first kappa shape index (κ1) is 18.3. The second-order valence-corrected chi connectivity index (χ2v) is 6.62.